The summed E-state index contributed by atoms with van der Waals surface area (Å²) in [5, 5.41) is 0. The molecule has 0 aliphatic carbocycles. The molecule has 1 heterocycles. The number of hydrogen-bond donors (Lipinski definition) is 1. The summed E-state index contributed by atoms with van der Waals surface area (Å²) in [6, 6.07) is 0. The van der Waals surface area contributed by atoms with Crippen LogP contribution >= 0.6 is 12.6 Å². The maximum Gasteiger partial charge on any atom is 0.222 e. The molecular formula is C8H15NOS. The SMILES string of the molecule is CC1CCN(CCS)C(=O)C1. The van der Waals surface area contributed by atoms with Gasteiger partial charge in [0, 0.05) is 25.3 Å². The zero-order valence-corrected chi connectivity index (χ0v) is 7.81. The lowest BCUT2D eigenvalue weighted by atomic mass is 9.99. The second-order valence-corrected chi connectivity index (χ2v) is 3.65. The Hall–Kier alpha value is -0.180. The third-order valence-corrected chi connectivity index (χ3v) is 2.34. The molecule has 0 aromatic rings. The molecule has 1 aliphatic rings. The van der Waals surface area contributed by atoms with Gasteiger partial charge in [-0.2, -0.15) is 12.6 Å². The molecule has 0 N–H and O–H groups in total. The first-order chi connectivity index (χ1) is 5.24. The molecule has 1 amide bonds. The van der Waals surface area contributed by atoms with Gasteiger partial charge in [0.25, 0.3) is 0 Å². The minimum Gasteiger partial charge on any atom is -0.342 e. The summed E-state index contributed by atoms with van der Waals surface area (Å²) in [5.74, 6) is 1.66. The molecule has 1 rings (SSSR count). The van der Waals surface area contributed by atoms with Crippen LogP contribution in [0.2, 0.25) is 0 Å². The number of rotatable bonds is 2. The van der Waals surface area contributed by atoms with E-state index in [0.717, 1.165) is 31.7 Å². The average Bonchev–Trinajstić information content (AvgIpc) is 1.95. The van der Waals surface area contributed by atoms with Gasteiger partial charge in [-0.25, -0.2) is 0 Å². The summed E-state index contributed by atoms with van der Waals surface area (Å²) in [4.78, 5) is 13.2. The van der Waals surface area contributed by atoms with Gasteiger partial charge >= 0.3 is 0 Å². The Bertz CT molecular complexity index is 149. The molecule has 3 heteroatoms. The van der Waals surface area contributed by atoms with E-state index in [1.165, 1.54) is 0 Å². The van der Waals surface area contributed by atoms with Crippen LogP contribution in [0.1, 0.15) is 19.8 Å². The number of thiol groups is 1. The molecular weight excluding hydrogens is 158 g/mol. The van der Waals surface area contributed by atoms with Crippen LogP contribution in [0.3, 0.4) is 0 Å². The van der Waals surface area contributed by atoms with E-state index in [4.69, 9.17) is 0 Å². The van der Waals surface area contributed by atoms with Crippen molar-refractivity contribution < 1.29 is 4.79 Å². The van der Waals surface area contributed by atoms with E-state index >= 15 is 0 Å². The molecule has 0 spiro atoms. The van der Waals surface area contributed by atoms with Crippen LogP contribution < -0.4 is 0 Å². The number of hydrogen-bond acceptors (Lipinski definition) is 2. The van der Waals surface area contributed by atoms with E-state index in [9.17, 15) is 4.79 Å². The van der Waals surface area contributed by atoms with Crippen molar-refractivity contribution in [3.63, 3.8) is 0 Å². The quantitative estimate of drug-likeness (QED) is 0.622. The summed E-state index contributed by atoms with van der Waals surface area (Å²) in [5.41, 5.74) is 0. The lowest BCUT2D eigenvalue weighted by molar-refractivity contribution is -0.134. The van der Waals surface area contributed by atoms with E-state index in [1.807, 2.05) is 4.90 Å². The summed E-state index contributed by atoms with van der Waals surface area (Å²) >= 11 is 4.10. The highest BCUT2D eigenvalue weighted by Gasteiger charge is 2.21. The van der Waals surface area contributed by atoms with Crippen molar-refractivity contribution in [3.05, 3.63) is 0 Å². The highest BCUT2D eigenvalue weighted by atomic mass is 32.1. The topological polar surface area (TPSA) is 20.3 Å². The zero-order valence-electron chi connectivity index (χ0n) is 6.92. The van der Waals surface area contributed by atoms with Crippen LogP contribution in [0, 0.1) is 5.92 Å². The van der Waals surface area contributed by atoms with Crippen molar-refractivity contribution >= 4 is 18.5 Å². The van der Waals surface area contributed by atoms with Gasteiger partial charge in [-0.1, -0.05) is 6.92 Å². The van der Waals surface area contributed by atoms with Crippen molar-refractivity contribution in [3.8, 4) is 0 Å². The lowest BCUT2D eigenvalue weighted by Crippen LogP contribution is -2.39. The molecule has 0 aromatic heterocycles. The highest BCUT2D eigenvalue weighted by Crippen LogP contribution is 2.16. The first-order valence-corrected chi connectivity index (χ1v) is 4.76. The molecule has 1 fully saturated rings. The van der Waals surface area contributed by atoms with E-state index in [0.29, 0.717) is 11.8 Å². The van der Waals surface area contributed by atoms with Gasteiger partial charge in [0.15, 0.2) is 0 Å². The maximum absolute atomic E-state index is 11.3. The van der Waals surface area contributed by atoms with Crippen molar-refractivity contribution in [1.29, 1.82) is 0 Å². The monoisotopic (exact) mass is 173 g/mol. The molecule has 1 saturated heterocycles. The smallest absolute Gasteiger partial charge is 0.222 e. The maximum atomic E-state index is 11.3. The number of likely N-dealkylation sites (tertiary alicyclic amines) is 1. The van der Waals surface area contributed by atoms with Crippen molar-refractivity contribution in [2.75, 3.05) is 18.8 Å². The van der Waals surface area contributed by atoms with Crippen LogP contribution in [-0.4, -0.2) is 29.6 Å². The summed E-state index contributed by atoms with van der Waals surface area (Å²) in [6.07, 6.45) is 1.88. The molecule has 0 aromatic carbocycles. The first-order valence-electron chi connectivity index (χ1n) is 4.12. The molecule has 0 radical (unpaired) electrons. The van der Waals surface area contributed by atoms with Gasteiger partial charge in [-0.3, -0.25) is 4.79 Å². The predicted molar refractivity (Wildman–Crippen MR) is 48.8 cm³/mol. The molecule has 64 valence electrons. The fourth-order valence-electron chi connectivity index (χ4n) is 1.39. The number of carbonyl (C=O) groups excluding carboxylic acids is 1. The standard InChI is InChI=1S/C8H15NOS/c1-7-2-3-9(4-5-11)8(10)6-7/h7,11H,2-6H2,1H3. The number of carbonyl (C=O) groups is 1. The van der Waals surface area contributed by atoms with E-state index in [1.54, 1.807) is 0 Å². The van der Waals surface area contributed by atoms with Crippen LogP contribution in [0.5, 0.6) is 0 Å². The van der Waals surface area contributed by atoms with E-state index in [-0.39, 0.29) is 0 Å². The second kappa shape index (κ2) is 4.00. The van der Waals surface area contributed by atoms with Crippen LogP contribution in [0.15, 0.2) is 0 Å². The first kappa shape index (κ1) is 8.91. The Balaban J connectivity index is 2.38. The average molecular weight is 173 g/mol. The molecule has 0 bridgehead atoms. The third-order valence-electron chi connectivity index (χ3n) is 2.14. The number of nitrogens with zero attached hydrogens (tertiary/aromatic N) is 1. The fourth-order valence-corrected chi connectivity index (χ4v) is 1.63. The minimum absolute atomic E-state index is 0.304. The number of piperidine rings is 1. The lowest BCUT2D eigenvalue weighted by Gasteiger charge is -2.29. The highest BCUT2D eigenvalue weighted by molar-refractivity contribution is 7.80. The van der Waals surface area contributed by atoms with Gasteiger partial charge in [0.2, 0.25) is 5.91 Å². The predicted octanol–water partition coefficient (Wildman–Crippen LogP) is 1.17. The summed E-state index contributed by atoms with van der Waals surface area (Å²) in [7, 11) is 0. The van der Waals surface area contributed by atoms with E-state index < -0.39 is 0 Å². The molecule has 11 heavy (non-hydrogen) atoms. The Kier molecular flexibility index (Phi) is 3.24. The Morgan fingerprint density at radius 3 is 3.00 bits per heavy atom. The van der Waals surface area contributed by atoms with Crippen molar-refractivity contribution in [2.24, 2.45) is 5.92 Å². The van der Waals surface area contributed by atoms with Gasteiger partial charge in [-0.15, -0.1) is 0 Å². The molecule has 1 atom stereocenters. The molecule has 0 saturated carbocycles. The Morgan fingerprint density at radius 2 is 2.45 bits per heavy atom. The van der Waals surface area contributed by atoms with Gasteiger partial charge in [-0.05, 0) is 12.3 Å². The van der Waals surface area contributed by atoms with Crippen molar-refractivity contribution in [1.82, 2.24) is 4.90 Å². The van der Waals surface area contributed by atoms with Gasteiger partial charge in [0.05, 0.1) is 0 Å². The largest absolute Gasteiger partial charge is 0.342 e. The van der Waals surface area contributed by atoms with Gasteiger partial charge < -0.3 is 4.90 Å². The van der Waals surface area contributed by atoms with E-state index in [2.05, 4.69) is 19.6 Å². The second-order valence-electron chi connectivity index (χ2n) is 3.20. The van der Waals surface area contributed by atoms with Crippen LogP contribution in [0.25, 0.3) is 0 Å². The Morgan fingerprint density at radius 1 is 1.73 bits per heavy atom. The zero-order chi connectivity index (χ0) is 8.27. The normalized spacial score (nSPS) is 25.8. The molecule has 2 nitrogen and oxygen atoms in total. The summed E-state index contributed by atoms with van der Waals surface area (Å²) in [6.45, 7) is 3.88. The Labute approximate surface area is 73.4 Å². The van der Waals surface area contributed by atoms with Crippen molar-refractivity contribution in [2.45, 2.75) is 19.8 Å². The molecule has 1 unspecified atom stereocenters. The van der Waals surface area contributed by atoms with Crippen LogP contribution in [0.4, 0.5) is 0 Å². The third kappa shape index (κ3) is 2.40. The van der Waals surface area contributed by atoms with Gasteiger partial charge in [0.1, 0.15) is 0 Å². The molecule has 1 aliphatic heterocycles. The minimum atomic E-state index is 0.304. The van der Waals surface area contributed by atoms with Crippen LogP contribution in [-0.2, 0) is 4.79 Å². The fraction of sp³-hybridized carbons (Fsp3) is 0.875. The number of amides is 1. The summed E-state index contributed by atoms with van der Waals surface area (Å²) < 4.78 is 0.